The van der Waals surface area contributed by atoms with Crippen LogP contribution >= 0.6 is 0 Å². The zero-order valence-electron chi connectivity index (χ0n) is 19.1. The van der Waals surface area contributed by atoms with E-state index in [9.17, 15) is 9.90 Å². The van der Waals surface area contributed by atoms with Crippen LogP contribution in [0.4, 0.5) is 10.5 Å². The van der Waals surface area contributed by atoms with Gasteiger partial charge in [0.1, 0.15) is 12.4 Å². The second-order valence-electron chi connectivity index (χ2n) is 9.38. The van der Waals surface area contributed by atoms with Crippen LogP contribution < -0.4 is 5.32 Å². The Bertz CT molecular complexity index is 1350. The van der Waals surface area contributed by atoms with Gasteiger partial charge in [-0.2, -0.15) is 0 Å². The lowest BCUT2D eigenvalue weighted by atomic mass is 9.77. The molecule has 34 heavy (non-hydrogen) atoms. The molecule has 0 bridgehead atoms. The summed E-state index contributed by atoms with van der Waals surface area (Å²) in [4.78, 5) is 17.4. The van der Waals surface area contributed by atoms with Gasteiger partial charge in [0.25, 0.3) is 0 Å². The Morgan fingerprint density at radius 1 is 1.09 bits per heavy atom. The number of ether oxygens (including phenoxy) is 1. The first kappa shape index (κ1) is 20.9. The number of nitrogens with zero attached hydrogens (tertiary/aromatic N) is 2. The molecule has 6 nitrogen and oxygen atoms in total. The van der Waals surface area contributed by atoms with Gasteiger partial charge in [0.05, 0.1) is 23.2 Å². The molecule has 0 aliphatic heterocycles. The highest BCUT2D eigenvalue weighted by molar-refractivity contribution is 5.89. The first-order chi connectivity index (χ1) is 16.6. The van der Waals surface area contributed by atoms with E-state index in [0.29, 0.717) is 5.69 Å². The highest BCUT2D eigenvalue weighted by atomic mass is 16.5. The molecule has 0 spiro atoms. The van der Waals surface area contributed by atoms with E-state index in [4.69, 9.17) is 9.72 Å². The Hall–Kier alpha value is -3.64. The Morgan fingerprint density at radius 2 is 1.76 bits per heavy atom. The molecular weight excluding hydrogens is 426 g/mol. The van der Waals surface area contributed by atoms with Crippen LogP contribution in [-0.2, 0) is 10.3 Å². The molecule has 2 aliphatic carbocycles. The molecule has 6 rings (SSSR count). The quantitative estimate of drug-likeness (QED) is 0.414. The van der Waals surface area contributed by atoms with Gasteiger partial charge in [-0.25, -0.2) is 9.78 Å². The topological polar surface area (TPSA) is 76.4 Å². The average Bonchev–Trinajstić information content (AvgIpc) is 3.32. The molecule has 3 aromatic carbocycles. The lowest BCUT2D eigenvalue weighted by Crippen LogP contribution is -2.44. The summed E-state index contributed by atoms with van der Waals surface area (Å²) >= 11 is 0. The fourth-order valence-corrected chi connectivity index (χ4v) is 5.67. The number of carbonyl (C=O) groups is 1. The maximum absolute atomic E-state index is 12.7. The number of fused-ring (bicyclic) bond motifs is 4. The molecule has 0 atom stereocenters. The molecule has 172 valence electrons. The van der Waals surface area contributed by atoms with Crippen LogP contribution in [0.5, 0.6) is 0 Å². The normalized spacial score (nSPS) is 16.1. The third-order valence-electron chi connectivity index (χ3n) is 7.47. The lowest BCUT2D eigenvalue weighted by Gasteiger charge is -2.42. The first-order valence-corrected chi connectivity index (χ1v) is 11.8. The number of aryl methyl sites for hydroxylation is 1. The molecule has 1 fully saturated rings. The molecular formula is C28H27N3O3. The summed E-state index contributed by atoms with van der Waals surface area (Å²) in [6.07, 6.45) is 2.54. The van der Waals surface area contributed by atoms with Crippen LogP contribution in [0, 0.1) is 6.92 Å². The molecule has 1 saturated carbocycles. The smallest absolute Gasteiger partial charge is 0.411 e. The van der Waals surface area contributed by atoms with Crippen LogP contribution in [0.3, 0.4) is 0 Å². The van der Waals surface area contributed by atoms with E-state index in [-0.39, 0.29) is 24.7 Å². The van der Waals surface area contributed by atoms with Crippen molar-refractivity contribution in [1.29, 1.82) is 0 Å². The van der Waals surface area contributed by atoms with Gasteiger partial charge in [0.15, 0.2) is 0 Å². The highest BCUT2D eigenvalue weighted by Crippen LogP contribution is 2.45. The van der Waals surface area contributed by atoms with Gasteiger partial charge in [-0.15, -0.1) is 0 Å². The van der Waals surface area contributed by atoms with Gasteiger partial charge in [-0.1, -0.05) is 48.5 Å². The Balaban J connectivity index is 1.19. The van der Waals surface area contributed by atoms with Crippen molar-refractivity contribution < 1.29 is 14.6 Å². The van der Waals surface area contributed by atoms with Crippen molar-refractivity contribution in [2.45, 2.75) is 37.6 Å². The maximum atomic E-state index is 12.7. The van der Waals surface area contributed by atoms with Gasteiger partial charge in [0, 0.05) is 11.6 Å². The van der Waals surface area contributed by atoms with Crippen LogP contribution in [0.15, 0.2) is 66.7 Å². The monoisotopic (exact) mass is 453 g/mol. The van der Waals surface area contributed by atoms with E-state index in [1.807, 2.05) is 49.4 Å². The standard InChI is InChI=1S/C28H27N3O3/c1-18-29-25-15-19(11-12-26(25)31(18)28(17-32)13-6-14-28)30-27(33)34-16-24-22-9-4-2-7-20(22)21-8-3-5-10-23(21)24/h2-5,7-12,15,24,32H,6,13-14,16-17H2,1H3,(H,30,33). The predicted octanol–water partition coefficient (Wildman–Crippen LogP) is 5.58. The minimum absolute atomic E-state index is 0.0242. The van der Waals surface area contributed by atoms with Crippen LogP contribution in [-0.4, -0.2) is 34.0 Å². The molecule has 0 radical (unpaired) electrons. The van der Waals surface area contributed by atoms with E-state index in [2.05, 4.69) is 34.1 Å². The number of benzene rings is 3. The number of carbonyl (C=O) groups excluding carboxylic acids is 1. The second-order valence-corrected chi connectivity index (χ2v) is 9.38. The first-order valence-electron chi connectivity index (χ1n) is 11.8. The zero-order chi connectivity index (χ0) is 23.3. The molecule has 6 heteroatoms. The van der Waals surface area contributed by atoms with Gasteiger partial charge in [0.2, 0.25) is 0 Å². The van der Waals surface area contributed by atoms with Crippen molar-refractivity contribution in [1.82, 2.24) is 9.55 Å². The van der Waals surface area contributed by atoms with Crippen molar-refractivity contribution in [3.63, 3.8) is 0 Å². The summed E-state index contributed by atoms with van der Waals surface area (Å²) in [7, 11) is 0. The van der Waals surface area contributed by atoms with Crippen molar-refractivity contribution >= 4 is 22.8 Å². The lowest BCUT2D eigenvalue weighted by molar-refractivity contribution is 0.0571. The van der Waals surface area contributed by atoms with Gasteiger partial charge >= 0.3 is 6.09 Å². The number of imidazole rings is 1. The van der Waals surface area contributed by atoms with Gasteiger partial charge < -0.3 is 14.4 Å². The van der Waals surface area contributed by atoms with E-state index in [1.165, 1.54) is 22.3 Å². The SMILES string of the molecule is Cc1nc2cc(NC(=O)OCC3c4ccccc4-c4ccccc43)ccc2n1C1(CO)CCC1. The number of hydrogen-bond acceptors (Lipinski definition) is 4. The number of rotatable bonds is 5. The molecule has 0 saturated heterocycles. The maximum Gasteiger partial charge on any atom is 0.411 e. The Labute approximate surface area is 198 Å². The number of amides is 1. The molecule has 2 aliphatic rings. The summed E-state index contributed by atoms with van der Waals surface area (Å²) in [5, 5.41) is 12.9. The Morgan fingerprint density at radius 3 is 2.38 bits per heavy atom. The summed E-state index contributed by atoms with van der Waals surface area (Å²) < 4.78 is 7.83. The van der Waals surface area contributed by atoms with E-state index >= 15 is 0 Å². The second kappa shape index (κ2) is 7.99. The van der Waals surface area contributed by atoms with Crippen molar-refractivity contribution in [3.05, 3.63) is 83.7 Å². The number of aliphatic hydroxyl groups excluding tert-OH is 1. The number of aliphatic hydroxyl groups is 1. The number of hydrogen-bond donors (Lipinski definition) is 2. The molecule has 4 aromatic rings. The summed E-state index contributed by atoms with van der Waals surface area (Å²) in [6.45, 7) is 2.35. The number of aromatic nitrogens is 2. The molecule has 1 aromatic heterocycles. The van der Waals surface area contributed by atoms with Crippen molar-refractivity contribution in [2.75, 3.05) is 18.5 Å². The average molecular weight is 454 g/mol. The van der Waals surface area contributed by atoms with Crippen LogP contribution in [0.25, 0.3) is 22.2 Å². The van der Waals surface area contributed by atoms with Crippen LogP contribution in [0.2, 0.25) is 0 Å². The molecule has 0 unspecified atom stereocenters. The van der Waals surface area contributed by atoms with Crippen molar-refractivity contribution in [2.24, 2.45) is 0 Å². The summed E-state index contributed by atoms with van der Waals surface area (Å²) in [5.74, 6) is 0.901. The predicted molar refractivity (Wildman–Crippen MR) is 132 cm³/mol. The fraction of sp³-hybridized carbons (Fsp3) is 0.286. The van der Waals surface area contributed by atoms with E-state index in [1.54, 1.807) is 0 Å². The van der Waals surface area contributed by atoms with E-state index < -0.39 is 6.09 Å². The largest absolute Gasteiger partial charge is 0.448 e. The van der Waals surface area contributed by atoms with Crippen molar-refractivity contribution in [3.8, 4) is 11.1 Å². The number of nitrogens with one attached hydrogen (secondary N) is 1. The molecule has 2 N–H and O–H groups in total. The molecule has 1 heterocycles. The number of anilines is 1. The van der Waals surface area contributed by atoms with Gasteiger partial charge in [-0.05, 0) is 66.6 Å². The molecule has 1 amide bonds. The fourth-order valence-electron chi connectivity index (χ4n) is 5.67. The summed E-state index contributed by atoms with van der Waals surface area (Å²) in [6, 6.07) is 22.3. The minimum atomic E-state index is -0.483. The van der Waals surface area contributed by atoms with Gasteiger partial charge in [-0.3, -0.25) is 5.32 Å². The third-order valence-corrected chi connectivity index (χ3v) is 7.47. The zero-order valence-corrected chi connectivity index (χ0v) is 19.1. The third kappa shape index (κ3) is 3.21. The van der Waals surface area contributed by atoms with E-state index in [0.717, 1.165) is 36.1 Å². The van der Waals surface area contributed by atoms with Crippen LogP contribution in [0.1, 0.15) is 42.1 Å². The highest BCUT2D eigenvalue weighted by Gasteiger charge is 2.40. The summed E-state index contributed by atoms with van der Waals surface area (Å²) in [5.41, 5.74) is 6.95. The minimum Gasteiger partial charge on any atom is -0.448 e. The Kier molecular flexibility index (Phi) is 4.92.